The largest absolute Gasteiger partial charge is 0.320 e. The zero-order valence-electron chi connectivity index (χ0n) is 13.9. The molecule has 0 bridgehead atoms. The highest BCUT2D eigenvalue weighted by Gasteiger charge is 2.20. The van der Waals surface area contributed by atoms with Crippen molar-refractivity contribution in [2.45, 2.75) is 6.42 Å². The molecular weight excluding hydrogens is 312 g/mol. The Morgan fingerprint density at radius 2 is 1.28 bits per heavy atom. The summed E-state index contributed by atoms with van der Waals surface area (Å²) in [6, 6.07) is 6.81. The van der Waals surface area contributed by atoms with Crippen LogP contribution >= 0.6 is 0 Å². The molecule has 0 saturated heterocycles. The molecule has 4 heteroatoms. The third-order valence-electron chi connectivity index (χ3n) is 3.36. The van der Waals surface area contributed by atoms with Crippen molar-refractivity contribution in [2.24, 2.45) is 0 Å². The first-order chi connectivity index (χ1) is 12.1. The zero-order valence-corrected chi connectivity index (χ0v) is 13.9. The van der Waals surface area contributed by atoms with E-state index in [0.717, 1.165) is 0 Å². The smallest absolute Gasteiger partial charge is 0.255 e. The lowest BCUT2D eigenvalue weighted by atomic mass is 10.0. The maximum atomic E-state index is 12.7. The van der Waals surface area contributed by atoms with Crippen molar-refractivity contribution in [3.05, 3.63) is 35.4 Å². The highest BCUT2D eigenvalue weighted by molar-refractivity contribution is 5.97. The standard InChI is InChI=1S/C21H18N2O2/c1-5-13-22(14-6-2)20(24)17-18-11-9-10-12-19(18)21(25)23(15-7-3)16-8-4/h1-4,9-12H,13-17H2. The van der Waals surface area contributed by atoms with Gasteiger partial charge in [0.2, 0.25) is 5.91 Å². The Balaban J connectivity index is 3.08. The molecule has 2 amide bonds. The maximum absolute atomic E-state index is 12.7. The molecule has 0 heterocycles. The molecule has 1 rings (SSSR count). The van der Waals surface area contributed by atoms with Gasteiger partial charge in [0.05, 0.1) is 32.6 Å². The van der Waals surface area contributed by atoms with Gasteiger partial charge in [0, 0.05) is 5.56 Å². The fourth-order valence-electron chi connectivity index (χ4n) is 2.20. The van der Waals surface area contributed by atoms with Gasteiger partial charge in [0.15, 0.2) is 0 Å². The lowest BCUT2D eigenvalue weighted by Gasteiger charge is -2.21. The Morgan fingerprint density at radius 3 is 1.80 bits per heavy atom. The van der Waals surface area contributed by atoms with Gasteiger partial charge < -0.3 is 9.80 Å². The van der Waals surface area contributed by atoms with E-state index in [-0.39, 0.29) is 44.4 Å². The predicted octanol–water partition coefficient (Wildman–Crippen LogP) is 1.03. The molecule has 0 aliphatic heterocycles. The van der Waals surface area contributed by atoms with E-state index in [0.29, 0.717) is 11.1 Å². The Kier molecular flexibility index (Phi) is 7.95. The summed E-state index contributed by atoms with van der Waals surface area (Å²) in [4.78, 5) is 27.9. The first-order valence-electron chi connectivity index (χ1n) is 7.47. The predicted molar refractivity (Wildman–Crippen MR) is 98.0 cm³/mol. The number of nitrogens with zero attached hydrogens (tertiary/aromatic N) is 2. The lowest BCUT2D eigenvalue weighted by molar-refractivity contribution is -0.129. The highest BCUT2D eigenvalue weighted by atomic mass is 16.2. The number of hydrogen-bond acceptors (Lipinski definition) is 2. The molecule has 0 N–H and O–H groups in total. The minimum Gasteiger partial charge on any atom is -0.320 e. The lowest BCUT2D eigenvalue weighted by Crippen LogP contribution is -2.35. The van der Waals surface area contributed by atoms with Crippen molar-refractivity contribution in [3.8, 4) is 49.4 Å². The van der Waals surface area contributed by atoms with Gasteiger partial charge >= 0.3 is 0 Å². The van der Waals surface area contributed by atoms with E-state index in [4.69, 9.17) is 25.7 Å². The SMILES string of the molecule is C#CCN(CC#C)C(=O)Cc1ccccc1C(=O)N(CC#C)CC#C. The number of rotatable bonds is 7. The summed E-state index contributed by atoms with van der Waals surface area (Å²) in [5.41, 5.74) is 0.943. The van der Waals surface area contributed by atoms with E-state index in [1.165, 1.54) is 9.80 Å². The number of benzene rings is 1. The Hall–Kier alpha value is -3.60. The maximum Gasteiger partial charge on any atom is 0.255 e. The summed E-state index contributed by atoms with van der Waals surface area (Å²) >= 11 is 0. The van der Waals surface area contributed by atoms with Gasteiger partial charge in [-0.3, -0.25) is 9.59 Å². The van der Waals surface area contributed by atoms with Crippen molar-refractivity contribution in [1.82, 2.24) is 9.80 Å². The van der Waals surface area contributed by atoms with Crippen LogP contribution in [0.3, 0.4) is 0 Å². The van der Waals surface area contributed by atoms with Crippen LogP contribution in [-0.4, -0.2) is 47.8 Å². The van der Waals surface area contributed by atoms with Crippen LogP contribution in [0.25, 0.3) is 0 Å². The van der Waals surface area contributed by atoms with Gasteiger partial charge in [-0.2, -0.15) is 0 Å². The van der Waals surface area contributed by atoms with Gasteiger partial charge in [0.1, 0.15) is 0 Å². The average molecular weight is 330 g/mol. The molecule has 4 nitrogen and oxygen atoms in total. The first-order valence-corrected chi connectivity index (χ1v) is 7.47. The summed E-state index contributed by atoms with van der Waals surface area (Å²) in [7, 11) is 0. The third kappa shape index (κ3) is 5.51. The number of carbonyl (C=O) groups excluding carboxylic acids is 2. The summed E-state index contributed by atoms with van der Waals surface area (Å²) in [5, 5.41) is 0. The molecule has 25 heavy (non-hydrogen) atoms. The monoisotopic (exact) mass is 330 g/mol. The number of carbonyl (C=O) groups is 2. The van der Waals surface area contributed by atoms with E-state index >= 15 is 0 Å². The molecule has 0 aliphatic rings. The van der Waals surface area contributed by atoms with E-state index in [9.17, 15) is 9.59 Å². The molecule has 0 aromatic heterocycles. The van der Waals surface area contributed by atoms with Crippen LogP contribution in [0, 0.1) is 49.4 Å². The summed E-state index contributed by atoms with van der Waals surface area (Å²) in [6.45, 7) is 0.399. The van der Waals surface area contributed by atoms with Crippen LogP contribution < -0.4 is 0 Å². The Bertz CT molecular complexity index is 765. The second kappa shape index (κ2) is 10.2. The van der Waals surface area contributed by atoms with Gasteiger partial charge in [-0.15, -0.1) is 25.7 Å². The minimum absolute atomic E-state index is 0.00518. The second-order valence-electron chi connectivity index (χ2n) is 5.06. The molecule has 0 saturated carbocycles. The number of amides is 2. The van der Waals surface area contributed by atoms with E-state index in [1.807, 2.05) is 0 Å². The average Bonchev–Trinajstić information content (AvgIpc) is 2.61. The van der Waals surface area contributed by atoms with E-state index in [1.54, 1.807) is 24.3 Å². The molecule has 0 fully saturated rings. The molecular formula is C21H18N2O2. The van der Waals surface area contributed by atoms with E-state index < -0.39 is 0 Å². The van der Waals surface area contributed by atoms with Crippen molar-refractivity contribution in [3.63, 3.8) is 0 Å². The first kappa shape index (κ1) is 19.4. The van der Waals surface area contributed by atoms with Gasteiger partial charge in [0.25, 0.3) is 5.91 Å². The van der Waals surface area contributed by atoms with Crippen LogP contribution in [0.5, 0.6) is 0 Å². The summed E-state index contributed by atoms with van der Waals surface area (Å²) < 4.78 is 0. The zero-order chi connectivity index (χ0) is 18.7. The molecule has 0 spiro atoms. The highest BCUT2D eigenvalue weighted by Crippen LogP contribution is 2.14. The number of terminal acetylenes is 4. The third-order valence-corrected chi connectivity index (χ3v) is 3.36. The molecule has 124 valence electrons. The Labute approximate surface area is 149 Å². The topological polar surface area (TPSA) is 40.6 Å². The molecule has 1 aromatic carbocycles. The molecule has 0 aliphatic carbocycles. The van der Waals surface area contributed by atoms with Crippen LogP contribution in [-0.2, 0) is 11.2 Å². The van der Waals surface area contributed by atoms with Gasteiger partial charge in [-0.05, 0) is 11.6 Å². The summed E-state index contributed by atoms with van der Waals surface area (Å²) in [5.74, 6) is 9.03. The van der Waals surface area contributed by atoms with Gasteiger partial charge in [-0.25, -0.2) is 0 Å². The second-order valence-corrected chi connectivity index (χ2v) is 5.06. The Morgan fingerprint density at radius 1 is 0.800 bits per heavy atom. The molecule has 0 atom stereocenters. The van der Waals surface area contributed by atoms with Crippen molar-refractivity contribution >= 4 is 11.8 Å². The van der Waals surface area contributed by atoms with E-state index in [2.05, 4.69) is 23.7 Å². The van der Waals surface area contributed by atoms with Crippen LogP contribution in [0.4, 0.5) is 0 Å². The van der Waals surface area contributed by atoms with Gasteiger partial charge in [-0.1, -0.05) is 41.9 Å². The van der Waals surface area contributed by atoms with Crippen molar-refractivity contribution in [2.75, 3.05) is 26.2 Å². The van der Waals surface area contributed by atoms with Crippen LogP contribution in [0.15, 0.2) is 24.3 Å². The van der Waals surface area contributed by atoms with Crippen molar-refractivity contribution < 1.29 is 9.59 Å². The quantitative estimate of drug-likeness (QED) is 0.701. The molecule has 0 unspecified atom stereocenters. The fraction of sp³-hybridized carbons (Fsp3) is 0.238. The number of hydrogen-bond donors (Lipinski definition) is 0. The normalized spacial score (nSPS) is 8.96. The summed E-state index contributed by atoms with van der Waals surface area (Å²) in [6.07, 6.45) is 21.1. The van der Waals surface area contributed by atoms with Crippen LogP contribution in [0.2, 0.25) is 0 Å². The molecule has 1 aromatic rings. The molecule has 0 radical (unpaired) electrons. The van der Waals surface area contributed by atoms with Crippen molar-refractivity contribution in [1.29, 1.82) is 0 Å². The fourth-order valence-corrected chi connectivity index (χ4v) is 2.20. The van der Waals surface area contributed by atoms with Crippen LogP contribution in [0.1, 0.15) is 15.9 Å². The minimum atomic E-state index is -0.320.